The van der Waals surface area contributed by atoms with Crippen LogP contribution in [0.2, 0.25) is 0 Å². The van der Waals surface area contributed by atoms with E-state index in [1.807, 2.05) is 42.5 Å². The first-order chi connectivity index (χ1) is 11.8. The van der Waals surface area contributed by atoms with E-state index in [2.05, 4.69) is 20.5 Å². The van der Waals surface area contributed by atoms with Gasteiger partial charge in [-0.3, -0.25) is 9.78 Å². The van der Waals surface area contributed by atoms with Crippen LogP contribution in [0.1, 0.15) is 5.69 Å². The van der Waals surface area contributed by atoms with Gasteiger partial charge in [-0.05, 0) is 24.3 Å². The van der Waals surface area contributed by atoms with E-state index in [9.17, 15) is 4.79 Å². The average Bonchev–Trinajstić information content (AvgIpc) is 2.64. The largest absolute Gasteiger partial charge is 0.378 e. The third kappa shape index (κ3) is 4.53. The van der Waals surface area contributed by atoms with Crippen molar-refractivity contribution in [2.75, 3.05) is 43.1 Å². The summed E-state index contributed by atoms with van der Waals surface area (Å²) in [6.45, 7) is 3.92. The normalized spacial score (nSPS) is 14.4. The van der Waals surface area contributed by atoms with E-state index in [1.54, 1.807) is 6.20 Å². The van der Waals surface area contributed by atoms with Gasteiger partial charge in [-0.15, -0.1) is 0 Å². The molecule has 6 heteroatoms. The van der Waals surface area contributed by atoms with Crippen LogP contribution in [0.5, 0.6) is 0 Å². The number of hydrogen-bond acceptors (Lipinski definition) is 5. The van der Waals surface area contributed by atoms with Crippen LogP contribution in [0.4, 0.5) is 11.4 Å². The molecule has 0 radical (unpaired) electrons. The highest BCUT2D eigenvalue weighted by Crippen LogP contribution is 2.26. The van der Waals surface area contributed by atoms with Gasteiger partial charge >= 0.3 is 0 Å². The first-order valence-corrected chi connectivity index (χ1v) is 8.15. The van der Waals surface area contributed by atoms with E-state index in [0.29, 0.717) is 19.8 Å². The van der Waals surface area contributed by atoms with Crippen LogP contribution >= 0.6 is 0 Å². The van der Waals surface area contributed by atoms with Crippen LogP contribution < -0.4 is 15.5 Å². The van der Waals surface area contributed by atoms with Gasteiger partial charge in [0.05, 0.1) is 36.8 Å². The Labute approximate surface area is 141 Å². The van der Waals surface area contributed by atoms with E-state index in [-0.39, 0.29) is 12.5 Å². The summed E-state index contributed by atoms with van der Waals surface area (Å²) in [6, 6.07) is 13.6. The molecule has 1 amide bonds. The minimum Gasteiger partial charge on any atom is -0.378 e. The number of benzene rings is 1. The number of pyridine rings is 1. The van der Waals surface area contributed by atoms with Crippen molar-refractivity contribution in [3.63, 3.8) is 0 Å². The molecule has 0 bridgehead atoms. The SMILES string of the molecule is O=C(CNCc1ccccn1)Nc1ccccc1N1CCOCC1. The number of carbonyl (C=O) groups is 1. The number of rotatable bonds is 6. The van der Waals surface area contributed by atoms with Crippen LogP contribution in [0, 0.1) is 0 Å². The van der Waals surface area contributed by atoms with Gasteiger partial charge in [-0.1, -0.05) is 18.2 Å². The molecule has 126 valence electrons. The number of para-hydroxylation sites is 2. The highest BCUT2D eigenvalue weighted by Gasteiger charge is 2.15. The van der Waals surface area contributed by atoms with Gasteiger partial charge in [-0.25, -0.2) is 0 Å². The molecule has 1 saturated heterocycles. The second-order valence-electron chi connectivity index (χ2n) is 5.59. The number of hydrogen-bond donors (Lipinski definition) is 2. The van der Waals surface area contributed by atoms with E-state index in [0.717, 1.165) is 30.2 Å². The Balaban J connectivity index is 1.54. The summed E-state index contributed by atoms with van der Waals surface area (Å²) >= 11 is 0. The zero-order chi connectivity index (χ0) is 16.6. The van der Waals surface area contributed by atoms with Crippen LogP contribution in [-0.2, 0) is 16.1 Å². The third-order valence-corrected chi connectivity index (χ3v) is 3.85. The molecule has 1 aromatic carbocycles. The van der Waals surface area contributed by atoms with Crippen LogP contribution in [0.3, 0.4) is 0 Å². The molecule has 2 heterocycles. The molecule has 2 N–H and O–H groups in total. The number of morpholine rings is 1. The van der Waals surface area contributed by atoms with Gasteiger partial charge in [0.25, 0.3) is 0 Å². The molecular weight excluding hydrogens is 304 g/mol. The number of carbonyl (C=O) groups excluding carboxylic acids is 1. The lowest BCUT2D eigenvalue weighted by Gasteiger charge is -2.30. The van der Waals surface area contributed by atoms with E-state index in [1.165, 1.54) is 0 Å². The fourth-order valence-corrected chi connectivity index (χ4v) is 2.66. The predicted molar refractivity (Wildman–Crippen MR) is 94.0 cm³/mol. The van der Waals surface area contributed by atoms with Crippen molar-refractivity contribution >= 4 is 17.3 Å². The quantitative estimate of drug-likeness (QED) is 0.845. The predicted octanol–water partition coefficient (Wildman–Crippen LogP) is 1.65. The topological polar surface area (TPSA) is 66.5 Å². The van der Waals surface area contributed by atoms with Gasteiger partial charge < -0.3 is 20.3 Å². The number of aromatic nitrogens is 1. The monoisotopic (exact) mass is 326 g/mol. The van der Waals surface area contributed by atoms with Crippen LogP contribution in [0.15, 0.2) is 48.7 Å². The molecule has 0 atom stereocenters. The first-order valence-electron chi connectivity index (χ1n) is 8.15. The smallest absolute Gasteiger partial charge is 0.238 e. The molecule has 3 rings (SSSR count). The zero-order valence-corrected chi connectivity index (χ0v) is 13.6. The Morgan fingerprint density at radius 2 is 1.92 bits per heavy atom. The average molecular weight is 326 g/mol. The first kappa shape index (κ1) is 16.4. The molecule has 1 aliphatic rings. The fourth-order valence-electron chi connectivity index (χ4n) is 2.66. The Morgan fingerprint density at radius 3 is 2.71 bits per heavy atom. The summed E-state index contributed by atoms with van der Waals surface area (Å²) in [5.41, 5.74) is 2.79. The van der Waals surface area contributed by atoms with Crippen LogP contribution in [0.25, 0.3) is 0 Å². The summed E-state index contributed by atoms with van der Waals surface area (Å²) < 4.78 is 5.39. The molecule has 1 aliphatic heterocycles. The lowest BCUT2D eigenvalue weighted by atomic mass is 10.2. The standard InChI is InChI=1S/C18H22N4O2/c23-18(14-19-13-15-5-3-4-8-20-15)21-16-6-1-2-7-17(16)22-9-11-24-12-10-22/h1-8,19H,9-14H2,(H,21,23). The van der Waals surface area contributed by atoms with Gasteiger partial charge in [0.2, 0.25) is 5.91 Å². The number of amides is 1. The summed E-state index contributed by atoms with van der Waals surface area (Å²) in [7, 11) is 0. The van der Waals surface area contributed by atoms with Crippen molar-refractivity contribution in [3.8, 4) is 0 Å². The maximum atomic E-state index is 12.2. The molecule has 1 fully saturated rings. The number of ether oxygens (including phenoxy) is 1. The summed E-state index contributed by atoms with van der Waals surface area (Å²) in [5.74, 6) is -0.0633. The lowest BCUT2D eigenvalue weighted by molar-refractivity contribution is -0.115. The van der Waals surface area contributed by atoms with E-state index in [4.69, 9.17) is 4.74 Å². The maximum Gasteiger partial charge on any atom is 0.238 e. The molecule has 2 aromatic rings. The number of nitrogens with one attached hydrogen (secondary N) is 2. The third-order valence-electron chi connectivity index (χ3n) is 3.85. The van der Waals surface area contributed by atoms with Gasteiger partial charge in [-0.2, -0.15) is 0 Å². The summed E-state index contributed by atoms with van der Waals surface area (Å²) in [5, 5.41) is 6.10. The highest BCUT2D eigenvalue weighted by atomic mass is 16.5. The van der Waals surface area contributed by atoms with Crippen molar-refractivity contribution in [1.82, 2.24) is 10.3 Å². The number of anilines is 2. The second kappa shape index (κ2) is 8.42. The highest BCUT2D eigenvalue weighted by molar-refractivity contribution is 5.95. The molecular formula is C18H22N4O2. The molecule has 1 aromatic heterocycles. The Morgan fingerprint density at radius 1 is 1.12 bits per heavy atom. The van der Waals surface area contributed by atoms with Gasteiger partial charge in [0, 0.05) is 25.8 Å². The van der Waals surface area contributed by atoms with E-state index < -0.39 is 0 Å². The summed E-state index contributed by atoms with van der Waals surface area (Å²) in [4.78, 5) is 18.7. The van der Waals surface area contributed by atoms with Crippen molar-refractivity contribution in [2.24, 2.45) is 0 Å². The van der Waals surface area contributed by atoms with Gasteiger partial charge in [0.15, 0.2) is 0 Å². The van der Waals surface area contributed by atoms with E-state index >= 15 is 0 Å². The molecule has 0 spiro atoms. The molecule has 0 aliphatic carbocycles. The van der Waals surface area contributed by atoms with Crippen molar-refractivity contribution in [2.45, 2.75) is 6.54 Å². The zero-order valence-electron chi connectivity index (χ0n) is 13.6. The van der Waals surface area contributed by atoms with Crippen molar-refractivity contribution in [3.05, 3.63) is 54.4 Å². The Bertz CT molecular complexity index is 657. The maximum absolute atomic E-state index is 12.2. The Kier molecular flexibility index (Phi) is 5.76. The van der Waals surface area contributed by atoms with Crippen molar-refractivity contribution < 1.29 is 9.53 Å². The summed E-state index contributed by atoms with van der Waals surface area (Å²) in [6.07, 6.45) is 1.75. The molecule has 6 nitrogen and oxygen atoms in total. The van der Waals surface area contributed by atoms with Gasteiger partial charge in [0.1, 0.15) is 0 Å². The minimum atomic E-state index is -0.0633. The second-order valence-corrected chi connectivity index (χ2v) is 5.59. The molecule has 0 saturated carbocycles. The fraction of sp³-hybridized carbons (Fsp3) is 0.333. The molecule has 0 unspecified atom stereocenters. The minimum absolute atomic E-state index is 0.0633. The van der Waals surface area contributed by atoms with Crippen LogP contribution in [-0.4, -0.2) is 43.7 Å². The number of nitrogens with zero attached hydrogens (tertiary/aromatic N) is 2. The molecule has 24 heavy (non-hydrogen) atoms. The lowest BCUT2D eigenvalue weighted by Crippen LogP contribution is -2.37. The Hall–Kier alpha value is -2.44. The van der Waals surface area contributed by atoms with Crippen molar-refractivity contribution in [1.29, 1.82) is 0 Å².